The number of aliphatic carboxylic acids is 1. The van der Waals surface area contributed by atoms with Crippen molar-refractivity contribution < 1.29 is 23.1 Å². The van der Waals surface area contributed by atoms with Gasteiger partial charge in [0.05, 0.1) is 7.11 Å². The van der Waals surface area contributed by atoms with Gasteiger partial charge in [-0.05, 0) is 38.0 Å². The van der Waals surface area contributed by atoms with Crippen LogP contribution < -0.4 is 9.46 Å². The molecule has 0 heterocycles. The lowest BCUT2D eigenvalue weighted by molar-refractivity contribution is -0.143. The van der Waals surface area contributed by atoms with Gasteiger partial charge in [0, 0.05) is 0 Å². The summed E-state index contributed by atoms with van der Waals surface area (Å²) in [5.74, 6) is -1.05. The molecule has 20 heavy (non-hydrogen) atoms. The van der Waals surface area contributed by atoms with Crippen LogP contribution in [0.2, 0.25) is 0 Å². The maximum absolute atomic E-state index is 12.4. The summed E-state index contributed by atoms with van der Waals surface area (Å²) in [5, 5.41) is 9.17. The van der Waals surface area contributed by atoms with Gasteiger partial charge in [-0.2, -0.15) is 4.72 Å². The number of methoxy groups -OCH3 is 1. The van der Waals surface area contributed by atoms with Gasteiger partial charge in [-0.25, -0.2) is 8.42 Å². The fourth-order valence-electron chi connectivity index (χ4n) is 1.61. The van der Waals surface area contributed by atoms with Crippen molar-refractivity contribution in [3.63, 3.8) is 0 Å². The molecule has 6 nitrogen and oxygen atoms in total. The number of hydrogen-bond donors (Lipinski definition) is 2. The number of sulfonamides is 1. The highest BCUT2D eigenvalue weighted by molar-refractivity contribution is 7.89. The van der Waals surface area contributed by atoms with Gasteiger partial charge in [0.1, 0.15) is 16.2 Å². The summed E-state index contributed by atoms with van der Waals surface area (Å²) in [5.41, 5.74) is -0.826. The molecule has 1 atom stereocenters. The highest BCUT2D eigenvalue weighted by Crippen LogP contribution is 2.26. The molecule has 0 aliphatic carbocycles. The maximum atomic E-state index is 12.4. The van der Waals surface area contributed by atoms with Crippen molar-refractivity contribution in [1.82, 2.24) is 4.72 Å². The lowest BCUT2D eigenvalue weighted by Gasteiger charge is -2.24. The highest BCUT2D eigenvalue weighted by atomic mass is 32.2. The first-order valence-corrected chi connectivity index (χ1v) is 7.56. The number of rotatable bonds is 6. The number of carbonyl (C=O) groups is 1. The average molecular weight is 301 g/mol. The number of carboxylic acid groups (broad SMARTS) is 1. The summed E-state index contributed by atoms with van der Waals surface area (Å²) < 4.78 is 32.0. The molecule has 0 spiro atoms. The van der Waals surface area contributed by atoms with Crippen molar-refractivity contribution in [3.8, 4) is 5.75 Å². The van der Waals surface area contributed by atoms with E-state index in [2.05, 4.69) is 4.72 Å². The molecular formula is C13H19NO5S. The molecule has 0 aliphatic rings. The summed E-state index contributed by atoms with van der Waals surface area (Å²) in [4.78, 5) is 11.2. The second-order valence-corrected chi connectivity index (χ2v) is 6.40. The van der Waals surface area contributed by atoms with E-state index in [-0.39, 0.29) is 17.1 Å². The Balaban J connectivity index is 3.31. The van der Waals surface area contributed by atoms with E-state index in [1.165, 1.54) is 26.2 Å². The van der Waals surface area contributed by atoms with E-state index in [0.29, 0.717) is 0 Å². The molecule has 0 amide bonds. The second kappa shape index (κ2) is 5.80. The second-order valence-electron chi connectivity index (χ2n) is 4.75. The van der Waals surface area contributed by atoms with Gasteiger partial charge in [-0.3, -0.25) is 4.79 Å². The van der Waals surface area contributed by atoms with Crippen molar-refractivity contribution in [2.45, 2.75) is 37.6 Å². The van der Waals surface area contributed by atoms with Gasteiger partial charge >= 0.3 is 5.97 Å². The largest absolute Gasteiger partial charge is 0.495 e. The van der Waals surface area contributed by atoms with Crippen LogP contribution in [0.3, 0.4) is 0 Å². The van der Waals surface area contributed by atoms with Gasteiger partial charge in [0.25, 0.3) is 0 Å². The summed E-state index contributed by atoms with van der Waals surface area (Å²) in [6.07, 6.45) is 0.121. The number of aryl methyl sites for hydroxylation is 1. The van der Waals surface area contributed by atoms with E-state index in [1.807, 2.05) is 0 Å². The first kappa shape index (κ1) is 16.5. The van der Waals surface area contributed by atoms with Crippen LogP contribution >= 0.6 is 0 Å². The van der Waals surface area contributed by atoms with E-state index in [4.69, 9.17) is 9.84 Å². The summed E-state index contributed by atoms with van der Waals surface area (Å²) in [6.45, 7) is 4.67. The molecule has 0 aromatic heterocycles. The van der Waals surface area contributed by atoms with Crippen LogP contribution in [0.1, 0.15) is 25.8 Å². The maximum Gasteiger partial charge on any atom is 0.324 e. The lowest BCUT2D eigenvalue weighted by atomic mass is 10.0. The Morgan fingerprint density at radius 3 is 2.50 bits per heavy atom. The number of nitrogens with one attached hydrogen (secondary N) is 1. The van der Waals surface area contributed by atoms with Gasteiger partial charge < -0.3 is 9.84 Å². The summed E-state index contributed by atoms with van der Waals surface area (Å²) in [7, 11) is -2.64. The third-order valence-electron chi connectivity index (χ3n) is 3.15. The van der Waals surface area contributed by atoms with E-state index < -0.39 is 21.5 Å². The first-order chi connectivity index (χ1) is 9.16. The van der Waals surface area contributed by atoms with Gasteiger partial charge in [-0.1, -0.05) is 13.0 Å². The Morgan fingerprint density at radius 2 is 2.05 bits per heavy atom. The quantitative estimate of drug-likeness (QED) is 0.831. The first-order valence-electron chi connectivity index (χ1n) is 6.08. The van der Waals surface area contributed by atoms with Crippen molar-refractivity contribution in [3.05, 3.63) is 23.8 Å². The van der Waals surface area contributed by atoms with Crippen LogP contribution in [-0.4, -0.2) is 32.1 Å². The minimum atomic E-state index is -4.00. The Labute approximate surface area is 118 Å². The topological polar surface area (TPSA) is 92.7 Å². The summed E-state index contributed by atoms with van der Waals surface area (Å²) >= 11 is 0. The Morgan fingerprint density at radius 1 is 1.45 bits per heavy atom. The smallest absolute Gasteiger partial charge is 0.324 e. The third-order valence-corrected chi connectivity index (χ3v) is 4.76. The van der Waals surface area contributed by atoms with Crippen LogP contribution in [0.4, 0.5) is 0 Å². The van der Waals surface area contributed by atoms with E-state index in [0.717, 1.165) is 5.56 Å². The molecule has 0 saturated heterocycles. The number of hydrogen-bond acceptors (Lipinski definition) is 4. The Kier molecular flexibility index (Phi) is 4.77. The minimum Gasteiger partial charge on any atom is -0.495 e. The SMILES string of the molecule is CCC(C)(NS(=O)(=O)c1cc(C)ccc1OC)C(=O)O. The van der Waals surface area contributed by atoms with Crippen LogP contribution in [0.15, 0.2) is 23.1 Å². The van der Waals surface area contributed by atoms with Crippen LogP contribution in [-0.2, 0) is 14.8 Å². The highest BCUT2D eigenvalue weighted by Gasteiger charge is 2.37. The predicted octanol–water partition coefficient (Wildman–Crippen LogP) is 1.54. The van der Waals surface area contributed by atoms with Gasteiger partial charge in [-0.15, -0.1) is 0 Å². The van der Waals surface area contributed by atoms with E-state index in [1.54, 1.807) is 19.9 Å². The van der Waals surface area contributed by atoms with Crippen LogP contribution in [0.5, 0.6) is 5.75 Å². The zero-order valence-electron chi connectivity index (χ0n) is 11.9. The van der Waals surface area contributed by atoms with Crippen molar-refractivity contribution in [2.75, 3.05) is 7.11 Å². The molecule has 1 aromatic carbocycles. The summed E-state index contributed by atoms with van der Waals surface area (Å²) in [6, 6.07) is 4.70. The van der Waals surface area contributed by atoms with Crippen LogP contribution in [0, 0.1) is 6.92 Å². The Hall–Kier alpha value is -1.60. The molecule has 1 aromatic rings. The number of ether oxygens (including phenoxy) is 1. The fourth-order valence-corrected chi connectivity index (χ4v) is 3.30. The minimum absolute atomic E-state index is 0.0686. The predicted molar refractivity (Wildman–Crippen MR) is 74.4 cm³/mol. The fraction of sp³-hybridized carbons (Fsp3) is 0.462. The van der Waals surface area contributed by atoms with E-state index in [9.17, 15) is 13.2 Å². The molecule has 0 fully saturated rings. The normalized spacial score (nSPS) is 14.6. The number of benzene rings is 1. The van der Waals surface area contributed by atoms with Crippen molar-refractivity contribution in [2.24, 2.45) is 0 Å². The average Bonchev–Trinajstić information content (AvgIpc) is 2.37. The molecule has 0 bridgehead atoms. The Bertz CT molecular complexity index is 611. The molecule has 112 valence electrons. The third kappa shape index (κ3) is 3.29. The number of carboxylic acids is 1. The zero-order valence-corrected chi connectivity index (χ0v) is 12.7. The molecule has 0 radical (unpaired) electrons. The van der Waals surface area contributed by atoms with Crippen molar-refractivity contribution >= 4 is 16.0 Å². The molecule has 1 rings (SSSR count). The van der Waals surface area contributed by atoms with Gasteiger partial charge in [0.15, 0.2) is 0 Å². The zero-order chi connectivity index (χ0) is 15.6. The molecule has 1 unspecified atom stereocenters. The van der Waals surface area contributed by atoms with Crippen molar-refractivity contribution in [1.29, 1.82) is 0 Å². The van der Waals surface area contributed by atoms with E-state index >= 15 is 0 Å². The standard InChI is InChI=1S/C13H19NO5S/c1-5-13(3,12(15)16)14-20(17,18)11-8-9(2)6-7-10(11)19-4/h6-8,14H,5H2,1-4H3,(H,15,16). The van der Waals surface area contributed by atoms with Crippen LogP contribution in [0.25, 0.3) is 0 Å². The van der Waals surface area contributed by atoms with Gasteiger partial charge in [0.2, 0.25) is 10.0 Å². The monoisotopic (exact) mass is 301 g/mol. The lowest BCUT2D eigenvalue weighted by Crippen LogP contribution is -2.51. The molecule has 0 saturated carbocycles. The molecule has 7 heteroatoms. The molecule has 2 N–H and O–H groups in total. The molecule has 0 aliphatic heterocycles. The molecular weight excluding hydrogens is 282 g/mol.